The lowest BCUT2D eigenvalue weighted by molar-refractivity contribution is 0.0810. The molecule has 2 aliphatic heterocycles. The lowest BCUT2D eigenvalue weighted by Crippen LogP contribution is -2.58. The summed E-state index contributed by atoms with van der Waals surface area (Å²) in [6.07, 6.45) is -0.945. The van der Waals surface area contributed by atoms with Gasteiger partial charge in [-0.1, -0.05) is 19.6 Å². The van der Waals surface area contributed by atoms with Gasteiger partial charge in [0, 0.05) is 20.7 Å². The van der Waals surface area contributed by atoms with Crippen molar-refractivity contribution in [1.82, 2.24) is 25.1 Å². The molecule has 4 heterocycles. The molecule has 33 heavy (non-hydrogen) atoms. The van der Waals surface area contributed by atoms with Gasteiger partial charge in [0.25, 0.3) is 0 Å². The number of carbonyl (C=O) groups is 1. The van der Waals surface area contributed by atoms with Crippen molar-refractivity contribution in [3.63, 3.8) is 0 Å². The topological polar surface area (TPSA) is 126 Å². The van der Waals surface area contributed by atoms with Crippen LogP contribution in [0.5, 0.6) is 0 Å². The molecule has 0 unspecified atom stereocenters. The van der Waals surface area contributed by atoms with Crippen molar-refractivity contribution >= 4 is 53.7 Å². The molecule has 13 heteroatoms. The zero-order valence-electron chi connectivity index (χ0n) is 19.0. The van der Waals surface area contributed by atoms with E-state index in [0.29, 0.717) is 45.8 Å². The van der Waals surface area contributed by atoms with Gasteiger partial charge in [0.2, 0.25) is 0 Å². The number of nitrogens with one attached hydrogen (secondary N) is 1. The van der Waals surface area contributed by atoms with Gasteiger partial charge in [-0.25, -0.2) is 23.8 Å². The van der Waals surface area contributed by atoms with Crippen molar-refractivity contribution in [2.24, 2.45) is 0 Å². The molecule has 4 atom stereocenters. The summed E-state index contributed by atoms with van der Waals surface area (Å²) in [6.45, 7) is 7.41. The number of nitrogens with zero attached hydrogens (tertiary/aromatic N) is 5. The minimum absolute atomic E-state index is 0.0839. The number of aliphatic hydroxyl groups is 1. The molecule has 1 amide bonds. The molecule has 2 fully saturated rings. The molecule has 2 aromatic heterocycles. The number of carboxylic acid groups (broad SMARTS) is 1. The third-order valence-corrected chi connectivity index (χ3v) is 8.75. The molecule has 0 aromatic carbocycles. The second-order valence-electron chi connectivity index (χ2n) is 9.90. The summed E-state index contributed by atoms with van der Waals surface area (Å²) in [5, 5.41) is 25.9. The van der Waals surface area contributed by atoms with Gasteiger partial charge in [-0.2, -0.15) is 5.10 Å². The maximum Gasteiger partial charge on any atom is 0.404 e. The Hall–Kier alpha value is -1.58. The summed E-state index contributed by atoms with van der Waals surface area (Å²) >= 11 is 2.09. The molecule has 10 nitrogen and oxygen atoms in total. The lowest BCUT2D eigenvalue weighted by Gasteiger charge is -2.42. The highest BCUT2D eigenvalue weighted by Gasteiger charge is 2.49. The highest BCUT2D eigenvalue weighted by molar-refractivity contribution is 14.1. The van der Waals surface area contributed by atoms with E-state index in [0.717, 1.165) is 12.5 Å². The van der Waals surface area contributed by atoms with Gasteiger partial charge < -0.3 is 25.2 Å². The molecule has 0 spiro atoms. The largest absolute Gasteiger partial charge is 0.465 e. The second-order valence-corrected chi connectivity index (χ2v) is 16.5. The molecule has 2 aromatic rings. The average Bonchev–Trinajstić information content (AvgIpc) is 3.24. The van der Waals surface area contributed by atoms with Crippen LogP contribution < -0.4 is 10.2 Å². The Bertz CT molecular complexity index is 1030. The Labute approximate surface area is 206 Å². The number of halogens is 2. The average molecular weight is 592 g/mol. The molecular weight excluding hydrogens is 562 g/mol. The third-order valence-electron chi connectivity index (χ3n) is 6.31. The Morgan fingerprint density at radius 2 is 2.09 bits per heavy atom. The fourth-order valence-corrected chi connectivity index (χ4v) is 6.06. The number of piperidine rings is 1. The van der Waals surface area contributed by atoms with Crippen LogP contribution >= 0.6 is 22.6 Å². The van der Waals surface area contributed by atoms with Crippen LogP contribution in [0.1, 0.15) is 25.0 Å². The number of fused-ring (bicyclic) bond motifs is 3. The second kappa shape index (κ2) is 9.58. The van der Waals surface area contributed by atoms with E-state index in [4.69, 9.17) is 14.8 Å². The summed E-state index contributed by atoms with van der Waals surface area (Å²) in [7, 11) is -1.21. The van der Waals surface area contributed by atoms with Crippen LogP contribution in [0.15, 0.2) is 0 Å². The maximum atomic E-state index is 15.3. The SMILES string of the molecule is C[Si](C)(C)CCOCn1nc(I)c2nc(CO)c(N3[C@H]4CC[C@@H]3[C@@H](F)[C@@H](NC(=O)O)C4)nc21. The quantitative estimate of drug-likeness (QED) is 0.243. The van der Waals surface area contributed by atoms with Crippen molar-refractivity contribution in [2.75, 3.05) is 11.5 Å². The summed E-state index contributed by atoms with van der Waals surface area (Å²) in [6, 6.07) is -0.327. The summed E-state index contributed by atoms with van der Waals surface area (Å²) in [5.41, 5.74) is 1.47. The van der Waals surface area contributed by atoms with Crippen LogP contribution in [0.4, 0.5) is 15.0 Å². The van der Waals surface area contributed by atoms with Crippen LogP contribution in [0.3, 0.4) is 0 Å². The molecular formula is C20H30FIN6O4Si. The zero-order chi connectivity index (χ0) is 23.9. The summed E-state index contributed by atoms with van der Waals surface area (Å²) in [5.74, 6) is 0.438. The minimum Gasteiger partial charge on any atom is -0.465 e. The van der Waals surface area contributed by atoms with Gasteiger partial charge in [-0.05, 0) is 47.9 Å². The molecule has 182 valence electrons. The number of alkyl halides is 1. The van der Waals surface area contributed by atoms with Crippen molar-refractivity contribution < 1.29 is 24.1 Å². The normalized spacial score (nSPS) is 25.1. The fourth-order valence-electron chi connectivity index (χ4n) is 4.68. The first-order valence-corrected chi connectivity index (χ1v) is 15.9. The summed E-state index contributed by atoms with van der Waals surface area (Å²) in [4.78, 5) is 22.4. The fraction of sp³-hybridized carbons (Fsp3) is 0.700. The van der Waals surface area contributed by atoms with Gasteiger partial charge in [-0.15, -0.1) is 0 Å². The molecule has 2 bridgehead atoms. The van der Waals surface area contributed by atoms with Crippen LogP contribution in [-0.2, 0) is 18.1 Å². The van der Waals surface area contributed by atoms with Crippen molar-refractivity contribution in [2.45, 2.75) is 82.6 Å². The first-order valence-electron chi connectivity index (χ1n) is 11.1. The monoisotopic (exact) mass is 592 g/mol. The van der Waals surface area contributed by atoms with Crippen molar-refractivity contribution in [1.29, 1.82) is 0 Å². The zero-order valence-corrected chi connectivity index (χ0v) is 22.1. The van der Waals surface area contributed by atoms with Gasteiger partial charge in [0.1, 0.15) is 24.1 Å². The number of hydrogen-bond acceptors (Lipinski definition) is 7. The Morgan fingerprint density at radius 3 is 2.76 bits per heavy atom. The van der Waals surface area contributed by atoms with Gasteiger partial charge >= 0.3 is 6.09 Å². The van der Waals surface area contributed by atoms with Crippen LogP contribution in [0.25, 0.3) is 11.2 Å². The molecule has 4 rings (SSSR count). The highest BCUT2D eigenvalue weighted by Crippen LogP contribution is 2.41. The predicted molar refractivity (Wildman–Crippen MR) is 132 cm³/mol. The van der Waals surface area contributed by atoms with E-state index in [2.05, 4.69) is 57.6 Å². The number of aliphatic hydroxyl groups excluding tert-OH is 1. The standard InChI is InChI=1S/C20H30FIN6O4Si/c1-33(2,3)7-6-32-10-27-19-16(17(22)26-27)23-13(9-29)18(25-19)28-11-4-5-14(28)15(21)12(8-11)24-20(30)31/h11-12,14-15,24,29H,4-10H2,1-3H3,(H,30,31)/t11-,12-,14+,15-/m0/s1. The number of aromatic nitrogens is 4. The first-order chi connectivity index (χ1) is 15.6. The molecule has 2 saturated heterocycles. The number of anilines is 1. The Balaban J connectivity index is 1.63. The molecule has 3 N–H and O–H groups in total. The number of amides is 1. The van der Waals surface area contributed by atoms with Gasteiger partial charge in [0.15, 0.2) is 15.2 Å². The summed E-state index contributed by atoms with van der Waals surface area (Å²) < 4.78 is 23.4. The molecule has 0 radical (unpaired) electrons. The van der Waals surface area contributed by atoms with E-state index in [1.54, 1.807) is 4.68 Å². The number of hydrogen-bond donors (Lipinski definition) is 3. The molecule has 0 aliphatic carbocycles. The molecule has 2 aliphatic rings. The maximum absolute atomic E-state index is 15.3. The number of rotatable bonds is 8. The smallest absolute Gasteiger partial charge is 0.404 e. The minimum atomic E-state index is -1.38. The molecule has 0 saturated carbocycles. The van der Waals surface area contributed by atoms with Crippen molar-refractivity contribution in [3.05, 3.63) is 9.39 Å². The van der Waals surface area contributed by atoms with Crippen molar-refractivity contribution in [3.8, 4) is 0 Å². The van der Waals surface area contributed by atoms with Gasteiger partial charge in [0.05, 0.1) is 18.7 Å². The van der Waals surface area contributed by atoms with Crippen LogP contribution in [-0.4, -0.2) is 75.0 Å². The lowest BCUT2D eigenvalue weighted by atomic mass is 9.95. The van der Waals surface area contributed by atoms with Crippen LogP contribution in [0.2, 0.25) is 25.7 Å². The van der Waals surface area contributed by atoms with E-state index in [1.165, 1.54) is 0 Å². The van der Waals surface area contributed by atoms with E-state index in [9.17, 15) is 9.90 Å². The van der Waals surface area contributed by atoms with Crippen LogP contribution in [0, 0.1) is 3.70 Å². The van der Waals surface area contributed by atoms with E-state index in [1.807, 2.05) is 4.90 Å². The van der Waals surface area contributed by atoms with E-state index in [-0.39, 0.29) is 19.4 Å². The predicted octanol–water partition coefficient (Wildman–Crippen LogP) is 2.95. The Kier molecular flexibility index (Phi) is 7.12. The first kappa shape index (κ1) is 24.5. The van der Waals surface area contributed by atoms with Gasteiger partial charge in [-0.3, -0.25) is 0 Å². The Morgan fingerprint density at radius 1 is 1.33 bits per heavy atom. The third kappa shape index (κ3) is 5.10. The highest BCUT2D eigenvalue weighted by atomic mass is 127. The number of ether oxygens (including phenoxy) is 1. The van der Waals surface area contributed by atoms with E-state index >= 15 is 4.39 Å². The van der Waals surface area contributed by atoms with E-state index < -0.39 is 32.4 Å².